The fourth-order valence-corrected chi connectivity index (χ4v) is 2.76. The molecule has 18 heavy (non-hydrogen) atoms. The van der Waals surface area contributed by atoms with Gasteiger partial charge in [-0.05, 0) is 37.5 Å². The quantitative estimate of drug-likeness (QED) is 0.842. The van der Waals surface area contributed by atoms with Crippen LogP contribution in [-0.4, -0.2) is 18.7 Å². The van der Waals surface area contributed by atoms with E-state index in [0.29, 0.717) is 17.4 Å². The summed E-state index contributed by atoms with van der Waals surface area (Å²) >= 11 is 0. The standard InChI is InChI=1S/C14H18N2O2/c1-9-6-11-13(18-8-15-14(11)17)12(7-9)16-10-4-2-3-5-10/h6-7,10,16H,2-5,8H2,1H3,(H,15,17). The molecule has 0 spiro atoms. The van der Waals surface area contributed by atoms with E-state index in [9.17, 15) is 4.79 Å². The molecule has 2 N–H and O–H groups in total. The lowest BCUT2D eigenvalue weighted by Gasteiger charge is -2.23. The van der Waals surface area contributed by atoms with Gasteiger partial charge in [-0.1, -0.05) is 12.8 Å². The van der Waals surface area contributed by atoms with Crippen molar-refractivity contribution in [3.05, 3.63) is 23.3 Å². The Labute approximate surface area is 107 Å². The number of carbonyl (C=O) groups excluding carboxylic acids is 1. The molecule has 1 heterocycles. The number of hydrogen-bond acceptors (Lipinski definition) is 3. The first-order valence-corrected chi connectivity index (χ1v) is 6.56. The highest BCUT2D eigenvalue weighted by Crippen LogP contribution is 2.34. The highest BCUT2D eigenvalue weighted by molar-refractivity contribution is 6.00. The maximum absolute atomic E-state index is 11.8. The molecule has 1 fully saturated rings. The number of amides is 1. The van der Waals surface area contributed by atoms with Crippen molar-refractivity contribution in [1.82, 2.24) is 5.32 Å². The average Bonchev–Trinajstić information content (AvgIpc) is 2.83. The third-order valence-corrected chi connectivity index (χ3v) is 3.64. The molecule has 0 radical (unpaired) electrons. The van der Waals surface area contributed by atoms with Crippen molar-refractivity contribution in [2.75, 3.05) is 12.0 Å². The first-order valence-electron chi connectivity index (χ1n) is 6.56. The summed E-state index contributed by atoms with van der Waals surface area (Å²) in [5.74, 6) is 0.658. The van der Waals surface area contributed by atoms with Crippen LogP contribution in [0.5, 0.6) is 5.75 Å². The zero-order chi connectivity index (χ0) is 12.5. The number of benzene rings is 1. The van der Waals surface area contributed by atoms with Gasteiger partial charge < -0.3 is 15.4 Å². The molecule has 2 aliphatic rings. The van der Waals surface area contributed by atoms with Crippen LogP contribution in [0.2, 0.25) is 0 Å². The van der Waals surface area contributed by atoms with E-state index >= 15 is 0 Å². The van der Waals surface area contributed by atoms with Crippen LogP contribution in [0.3, 0.4) is 0 Å². The van der Waals surface area contributed by atoms with Gasteiger partial charge in [0.2, 0.25) is 0 Å². The van der Waals surface area contributed by atoms with Crippen LogP contribution in [0.25, 0.3) is 0 Å². The molecule has 0 aromatic heterocycles. The van der Waals surface area contributed by atoms with E-state index in [0.717, 1.165) is 11.3 Å². The highest BCUT2D eigenvalue weighted by Gasteiger charge is 2.23. The van der Waals surface area contributed by atoms with Gasteiger partial charge in [0.15, 0.2) is 12.5 Å². The van der Waals surface area contributed by atoms with Crippen LogP contribution in [0.4, 0.5) is 5.69 Å². The zero-order valence-corrected chi connectivity index (χ0v) is 10.6. The molecule has 1 amide bonds. The summed E-state index contributed by atoms with van der Waals surface area (Å²) in [5.41, 5.74) is 2.68. The van der Waals surface area contributed by atoms with Gasteiger partial charge in [0.05, 0.1) is 11.3 Å². The Bertz CT molecular complexity index is 479. The number of carbonyl (C=O) groups is 1. The van der Waals surface area contributed by atoms with Crippen LogP contribution in [0.1, 0.15) is 41.6 Å². The lowest BCUT2D eigenvalue weighted by molar-refractivity contribution is 0.0884. The molecule has 0 atom stereocenters. The summed E-state index contributed by atoms with van der Waals surface area (Å²) in [5, 5.41) is 6.22. The molecule has 1 aliphatic carbocycles. The Balaban J connectivity index is 1.94. The minimum absolute atomic E-state index is 0.0468. The molecular formula is C14H18N2O2. The molecular weight excluding hydrogens is 228 g/mol. The SMILES string of the molecule is Cc1cc(NC2CCCC2)c2c(c1)C(=O)NCO2. The fourth-order valence-electron chi connectivity index (χ4n) is 2.76. The van der Waals surface area contributed by atoms with Gasteiger partial charge >= 0.3 is 0 Å². The number of ether oxygens (including phenoxy) is 1. The van der Waals surface area contributed by atoms with E-state index in [1.807, 2.05) is 13.0 Å². The summed E-state index contributed by atoms with van der Waals surface area (Å²) < 4.78 is 5.60. The highest BCUT2D eigenvalue weighted by atomic mass is 16.5. The van der Waals surface area contributed by atoms with E-state index < -0.39 is 0 Å². The number of nitrogens with one attached hydrogen (secondary N) is 2. The van der Waals surface area contributed by atoms with Crippen LogP contribution < -0.4 is 15.4 Å². The lowest BCUT2D eigenvalue weighted by Crippen LogP contribution is -2.33. The summed E-state index contributed by atoms with van der Waals surface area (Å²) in [6.45, 7) is 2.26. The number of anilines is 1. The van der Waals surface area contributed by atoms with Gasteiger partial charge in [-0.2, -0.15) is 0 Å². The smallest absolute Gasteiger partial charge is 0.257 e. The Kier molecular flexibility index (Phi) is 2.86. The average molecular weight is 246 g/mol. The first-order chi connectivity index (χ1) is 8.74. The van der Waals surface area contributed by atoms with Gasteiger partial charge in [0, 0.05) is 6.04 Å². The second kappa shape index (κ2) is 4.52. The van der Waals surface area contributed by atoms with Gasteiger partial charge in [-0.3, -0.25) is 4.79 Å². The Morgan fingerprint density at radius 1 is 1.33 bits per heavy atom. The molecule has 1 aromatic rings. The summed E-state index contributed by atoms with van der Waals surface area (Å²) in [7, 11) is 0. The van der Waals surface area contributed by atoms with Crippen LogP contribution in [0.15, 0.2) is 12.1 Å². The van der Waals surface area contributed by atoms with Crippen molar-refractivity contribution in [2.45, 2.75) is 38.6 Å². The predicted octanol–water partition coefficient (Wildman–Crippen LogP) is 2.43. The second-order valence-corrected chi connectivity index (χ2v) is 5.11. The van der Waals surface area contributed by atoms with E-state index in [1.165, 1.54) is 25.7 Å². The molecule has 0 saturated heterocycles. The molecule has 0 unspecified atom stereocenters. The number of aryl methyl sites for hydroxylation is 1. The zero-order valence-electron chi connectivity index (χ0n) is 10.6. The third kappa shape index (κ3) is 2.03. The van der Waals surface area contributed by atoms with Crippen LogP contribution in [0, 0.1) is 6.92 Å². The van der Waals surface area contributed by atoms with Gasteiger partial charge in [-0.15, -0.1) is 0 Å². The van der Waals surface area contributed by atoms with Gasteiger partial charge in [0.1, 0.15) is 0 Å². The third-order valence-electron chi connectivity index (χ3n) is 3.64. The van der Waals surface area contributed by atoms with E-state index in [1.54, 1.807) is 0 Å². The maximum Gasteiger partial charge on any atom is 0.257 e. The summed E-state index contributed by atoms with van der Waals surface area (Å²) in [6, 6.07) is 4.46. The molecule has 1 aromatic carbocycles. The molecule has 3 rings (SSSR count). The molecule has 0 bridgehead atoms. The normalized spacial score (nSPS) is 19.1. The van der Waals surface area contributed by atoms with Gasteiger partial charge in [0.25, 0.3) is 5.91 Å². The topological polar surface area (TPSA) is 50.4 Å². The largest absolute Gasteiger partial charge is 0.470 e. The number of fused-ring (bicyclic) bond motifs is 1. The maximum atomic E-state index is 11.8. The van der Waals surface area contributed by atoms with E-state index in [-0.39, 0.29) is 12.6 Å². The molecule has 96 valence electrons. The van der Waals surface area contributed by atoms with Crippen LogP contribution >= 0.6 is 0 Å². The minimum atomic E-state index is -0.0468. The predicted molar refractivity (Wildman–Crippen MR) is 70.0 cm³/mol. The molecule has 1 saturated carbocycles. The minimum Gasteiger partial charge on any atom is -0.470 e. The summed E-state index contributed by atoms with van der Waals surface area (Å²) in [4.78, 5) is 11.8. The second-order valence-electron chi connectivity index (χ2n) is 5.11. The first kappa shape index (κ1) is 11.4. The van der Waals surface area contributed by atoms with Crippen molar-refractivity contribution in [3.63, 3.8) is 0 Å². The Morgan fingerprint density at radius 2 is 2.11 bits per heavy atom. The number of hydrogen-bond donors (Lipinski definition) is 2. The van der Waals surface area contributed by atoms with E-state index in [2.05, 4.69) is 16.7 Å². The molecule has 4 heteroatoms. The van der Waals surface area contributed by atoms with Gasteiger partial charge in [-0.25, -0.2) is 0 Å². The molecule has 4 nitrogen and oxygen atoms in total. The van der Waals surface area contributed by atoms with E-state index in [4.69, 9.17) is 4.74 Å². The molecule has 1 aliphatic heterocycles. The monoisotopic (exact) mass is 246 g/mol. The van der Waals surface area contributed by atoms with Crippen molar-refractivity contribution < 1.29 is 9.53 Å². The van der Waals surface area contributed by atoms with Crippen molar-refractivity contribution >= 4 is 11.6 Å². The van der Waals surface area contributed by atoms with Crippen molar-refractivity contribution in [1.29, 1.82) is 0 Å². The Morgan fingerprint density at radius 3 is 2.89 bits per heavy atom. The van der Waals surface area contributed by atoms with Crippen molar-refractivity contribution in [2.24, 2.45) is 0 Å². The summed E-state index contributed by atoms with van der Waals surface area (Å²) in [6.07, 6.45) is 4.98. The Hall–Kier alpha value is -1.71. The lowest BCUT2D eigenvalue weighted by atomic mass is 10.1. The fraction of sp³-hybridized carbons (Fsp3) is 0.500. The van der Waals surface area contributed by atoms with Crippen LogP contribution in [-0.2, 0) is 0 Å². The van der Waals surface area contributed by atoms with Crippen molar-refractivity contribution in [3.8, 4) is 5.75 Å². The number of rotatable bonds is 2.